The molecule has 3 rings (SSSR count). The first-order chi connectivity index (χ1) is 12.7. The second-order valence-electron chi connectivity index (χ2n) is 5.83. The van der Waals surface area contributed by atoms with E-state index in [0.717, 1.165) is 24.3 Å². The van der Waals surface area contributed by atoms with Crippen molar-refractivity contribution in [2.45, 2.75) is 19.8 Å². The number of amides is 3. The fourth-order valence-electron chi connectivity index (χ4n) is 2.87. The van der Waals surface area contributed by atoms with E-state index in [0.29, 0.717) is 11.4 Å². The summed E-state index contributed by atoms with van der Waals surface area (Å²) in [6, 6.07) is 4.07. The molecule has 11 heteroatoms. The minimum atomic E-state index is -0.945. The van der Waals surface area contributed by atoms with Gasteiger partial charge in [-0.15, -0.1) is 0 Å². The third-order valence-corrected chi connectivity index (χ3v) is 4.02. The number of benzene rings is 2. The average Bonchev–Trinajstić information content (AvgIpc) is 2.62. The normalized spacial score (nSPS) is 13.0. The van der Waals surface area contributed by atoms with Gasteiger partial charge in [-0.2, -0.15) is 5.01 Å². The number of rotatable bonds is 5. The van der Waals surface area contributed by atoms with Crippen LogP contribution in [0.3, 0.4) is 0 Å². The number of nitro groups is 2. The molecule has 0 aromatic heterocycles. The highest BCUT2D eigenvalue weighted by Crippen LogP contribution is 2.35. The van der Waals surface area contributed by atoms with Gasteiger partial charge in [0.15, 0.2) is 0 Å². The largest absolute Gasteiger partial charge is 0.280 e. The fraction of sp³-hybridized carbons (Fsp3) is 0.188. The molecule has 1 aliphatic heterocycles. The van der Waals surface area contributed by atoms with Gasteiger partial charge in [0, 0.05) is 36.1 Å². The van der Waals surface area contributed by atoms with Crippen molar-refractivity contribution in [1.29, 1.82) is 0 Å². The molecule has 2 aromatic carbocycles. The summed E-state index contributed by atoms with van der Waals surface area (Å²) in [6.45, 7) is 1.72. The van der Waals surface area contributed by atoms with Crippen LogP contribution in [0.1, 0.15) is 40.5 Å². The SMILES string of the molecule is CCCC(=O)NN1C(=O)c2cc([N+](=O)[O-])cc3cc([N+](=O)[O-])cc(c23)C1=O. The first kappa shape index (κ1) is 17.9. The van der Waals surface area contributed by atoms with E-state index in [1.165, 1.54) is 0 Å². The topological polar surface area (TPSA) is 153 Å². The van der Waals surface area contributed by atoms with Crippen molar-refractivity contribution in [2.75, 3.05) is 0 Å². The van der Waals surface area contributed by atoms with Crippen LogP contribution in [0.4, 0.5) is 11.4 Å². The summed E-state index contributed by atoms with van der Waals surface area (Å²) in [7, 11) is 0. The molecule has 1 aliphatic rings. The molecule has 3 amide bonds. The van der Waals surface area contributed by atoms with Crippen LogP contribution < -0.4 is 5.43 Å². The maximum absolute atomic E-state index is 12.7. The zero-order valence-electron chi connectivity index (χ0n) is 13.9. The number of carbonyl (C=O) groups excluding carboxylic acids is 3. The quantitative estimate of drug-likeness (QED) is 0.479. The van der Waals surface area contributed by atoms with Crippen LogP contribution in [0.15, 0.2) is 24.3 Å². The molecule has 0 spiro atoms. The monoisotopic (exact) mass is 372 g/mol. The number of imide groups is 1. The summed E-state index contributed by atoms with van der Waals surface area (Å²) < 4.78 is 0. The van der Waals surface area contributed by atoms with Crippen LogP contribution in [0.5, 0.6) is 0 Å². The fourth-order valence-corrected chi connectivity index (χ4v) is 2.87. The van der Waals surface area contributed by atoms with Gasteiger partial charge in [-0.05, 0) is 11.8 Å². The maximum Gasteiger partial charge on any atom is 0.280 e. The molecule has 0 saturated heterocycles. The summed E-state index contributed by atoms with van der Waals surface area (Å²) in [6.07, 6.45) is 0.508. The molecule has 2 aromatic rings. The van der Waals surface area contributed by atoms with Gasteiger partial charge in [0.05, 0.1) is 21.0 Å². The zero-order valence-corrected chi connectivity index (χ0v) is 13.9. The summed E-state index contributed by atoms with van der Waals surface area (Å²) in [4.78, 5) is 58.0. The number of hydrazine groups is 1. The lowest BCUT2D eigenvalue weighted by molar-refractivity contribution is -0.385. The summed E-state index contributed by atoms with van der Waals surface area (Å²) >= 11 is 0. The molecule has 0 atom stereocenters. The van der Waals surface area contributed by atoms with Gasteiger partial charge in [-0.3, -0.25) is 40.0 Å². The van der Waals surface area contributed by atoms with E-state index < -0.39 is 38.9 Å². The van der Waals surface area contributed by atoms with Crippen LogP contribution in [-0.4, -0.2) is 32.6 Å². The van der Waals surface area contributed by atoms with Gasteiger partial charge in [-0.1, -0.05) is 6.92 Å². The third-order valence-electron chi connectivity index (χ3n) is 4.02. The lowest BCUT2D eigenvalue weighted by Crippen LogP contribution is -2.51. The van der Waals surface area contributed by atoms with E-state index in [2.05, 4.69) is 5.43 Å². The molecule has 0 aliphatic carbocycles. The molecule has 1 heterocycles. The van der Waals surface area contributed by atoms with Crippen LogP contribution >= 0.6 is 0 Å². The Morgan fingerprint density at radius 3 is 1.89 bits per heavy atom. The molecule has 0 radical (unpaired) electrons. The van der Waals surface area contributed by atoms with Gasteiger partial charge in [0.25, 0.3) is 23.2 Å². The molecule has 27 heavy (non-hydrogen) atoms. The van der Waals surface area contributed by atoms with Gasteiger partial charge in [0.2, 0.25) is 5.91 Å². The molecule has 0 saturated carbocycles. The Balaban J connectivity index is 2.27. The number of hydrogen-bond donors (Lipinski definition) is 1. The van der Waals surface area contributed by atoms with E-state index in [-0.39, 0.29) is 28.3 Å². The highest BCUT2D eigenvalue weighted by molar-refractivity contribution is 6.26. The number of nitrogens with one attached hydrogen (secondary N) is 1. The number of carbonyl (C=O) groups is 3. The van der Waals surface area contributed by atoms with Crippen LogP contribution in [-0.2, 0) is 4.79 Å². The lowest BCUT2D eigenvalue weighted by atomic mass is 9.93. The standard InChI is InChI=1S/C16H12N4O7/c1-2-3-13(21)17-18-15(22)11-6-9(19(24)25)4-8-5-10(20(26)27)7-12(14(8)11)16(18)23/h4-7H,2-3H2,1H3,(H,17,21). The van der Waals surface area contributed by atoms with E-state index >= 15 is 0 Å². The highest BCUT2D eigenvalue weighted by atomic mass is 16.6. The number of nitrogens with zero attached hydrogens (tertiary/aromatic N) is 3. The summed E-state index contributed by atoms with van der Waals surface area (Å²) in [5.41, 5.74) is 0.836. The lowest BCUT2D eigenvalue weighted by Gasteiger charge is -2.26. The van der Waals surface area contributed by atoms with Crippen LogP contribution in [0.25, 0.3) is 10.8 Å². The average molecular weight is 372 g/mol. The van der Waals surface area contributed by atoms with Crippen molar-refractivity contribution < 1.29 is 24.2 Å². The Morgan fingerprint density at radius 2 is 1.48 bits per heavy atom. The third kappa shape index (κ3) is 2.94. The van der Waals surface area contributed by atoms with E-state index in [1.807, 2.05) is 0 Å². The van der Waals surface area contributed by atoms with E-state index in [9.17, 15) is 34.6 Å². The molecular weight excluding hydrogens is 360 g/mol. The molecule has 11 nitrogen and oxygen atoms in total. The van der Waals surface area contributed by atoms with Crippen LogP contribution in [0, 0.1) is 20.2 Å². The van der Waals surface area contributed by atoms with Gasteiger partial charge in [0.1, 0.15) is 0 Å². The summed E-state index contributed by atoms with van der Waals surface area (Å²) in [5, 5.41) is 22.8. The molecule has 138 valence electrons. The first-order valence-electron chi connectivity index (χ1n) is 7.83. The van der Waals surface area contributed by atoms with E-state index in [1.54, 1.807) is 6.92 Å². The van der Waals surface area contributed by atoms with Crippen LogP contribution in [0.2, 0.25) is 0 Å². The minimum absolute atomic E-state index is 0.0182. The van der Waals surface area contributed by atoms with Crippen molar-refractivity contribution in [3.63, 3.8) is 0 Å². The number of nitro benzene ring substituents is 2. The number of non-ortho nitro benzene ring substituents is 2. The predicted octanol–water partition coefficient (Wildman–Crippen LogP) is 2.08. The molecule has 0 fully saturated rings. The second-order valence-corrected chi connectivity index (χ2v) is 5.83. The highest BCUT2D eigenvalue weighted by Gasteiger charge is 2.37. The molecule has 1 N–H and O–H groups in total. The second kappa shape index (κ2) is 6.44. The predicted molar refractivity (Wildman–Crippen MR) is 90.8 cm³/mol. The molecule has 0 unspecified atom stereocenters. The van der Waals surface area contributed by atoms with Crippen molar-refractivity contribution >= 4 is 39.9 Å². The van der Waals surface area contributed by atoms with E-state index in [4.69, 9.17) is 0 Å². The molecule has 0 bridgehead atoms. The van der Waals surface area contributed by atoms with Crippen molar-refractivity contribution in [1.82, 2.24) is 10.4 Å². The molecular formula is C16H12N4O7. The minimum Gasteiger partial charge on any atom is -0.273 e. The van der Waals surface area contributed by atoms with Crippen molar-refractivity contribution in [3.05, 3.63) is 55.6 Å². The Hall–Kier alpha value is -3.89. The van der Waals surface area contributed by atoms with Gasteiger partial charge in [-0.25, -0.2) is 0 Å². The maximum atomic E-state index is 12.7. The van der Waals surface area contributed by atoms with Crippen molar-refractivity contribution in [2.24, 2.45) is 0 Å². The smallest absolute Gasteiger partial charge is 0.273 e. The Labute approximate surface area is 150 Å². The Morgan fingerprint density at radius 1 is 1.00 bits per heavy atom. The Bertz CT molecular complexity index is 978. The summed E-state index contributed by atoms with van der Waals surface area (Å²) in [5.74, 6) is -2.49. The first-order valence-corrected chi connectivity index (χ1v) is 7.83. The number of hydrogen-bond acceptors (Lipinski definition) is 7. The van der Waals surface area contributed by atoms with Crippen molar-refractivity contribution in [3.8, 4) is 0 Å². The van der Waals surface area contributed by atoms with Gasteiger partial charge >= 0.3 is 0 Å². The Kier molecular flexibility index (Phi) is 4.27. The van der Waals surface area contributed by atoms with Gasteiger partial charge < -0.3 is 0 Å². The zero-order chi connectivity index (χ0) is 19.9.